The number of aromatic nitrogens is 1. The highest BCUT2D eigenvalue weighted by Gasteiger charge is 2.48. The van der Waals surface area contributed by atoms with Gasteiger partial charge in [-0.05, 0) is 53.9 Å². The van der Waals surface area contributed by atoms with E-state index in [-0.39, 0.29) is 16.5 Å². The van der Waals surface area contributed by atoms with Crippen LogP contribution in [0.2, 0.25) is 0 Å². The first-order valence-electron chi connectivity index (χ1n) is 12.0. The van der Waals surface area contributed by atoms with Crippen LogP contribution in [-0.2, 0) is 9.59 Å². The lowest BCUT2D eigenvalue weighted by molar-refractivity contribution is -0.132. The molecule has 0 aliphatic carbocycles. The van der Waals surface area contributed by atoms with Gasteiger partial charge in [0.15, 0.2) is 5.13 Å². The van der Waals surface area contributed by atoms with Gasteiger partial charge in [-0.2, -0.15) is 0 Å². The summed E-state index contributed by atoms with van der Waals surface area (Å²) in [5.41, 5.74) is 1.29. The minimum Gasteiger partial charge on any atom is -0.507 e. The van der Waals surface area contributed by atoms with Crippen molar-refractivity contribution in [3.05, 3.63) is 89.2 Å². The highest BCUT2D eigenvalue weighted by Crippen LogP contribution is 2.45. The molecule has 38 heavy (non-hydrogen) atoms. The van der Waals surface area contributed by atoms with Gasteiger partial charge in [-0.3, -0.25) is 14.5 Å². The number of Topliss-reactive ketones (excluding diaryl/α,β-unsaturated/α-hetero) is 1. The van der Waals surface area contributed by atoms with E-state index in [0.717, 1.165) is 11.3 Å². The van der Waals surface area contributed by atoms with Crippen molar-refractivity contribution in [2.75, 3.05) is 18.6 Å². The predicted molar refractivity (Wildman–Crippen MR) is 144 cm³/mol. The van der Waals surface area contributed by atoms with E-state index in [1.54, 1.807) is 48.5 Å². The number of methoxy groups -OCH3 is 1. The van der Waals surface area contributed by atoms with Gasteiger partial charge in [0.25, 0.3) is 5.78 Å². The molecule has 1 aliphatic heterocycles. The Labute approximate surface area is 222 Å². The molecular formula is C29H25FN2O5S. The fraction of sp³-hybridized carbons (Fsp3) is 0.207. The fourth-order valence-electron chi connectivity index (χ4n) is 4.30. The summed E-state index contributed by atoms with van der Waals surface area (Å²) in [5.74, 6) is -1.11. The molecule has 0 saturated carbocycles. The number of aliphatic hydroxyl groups is 1. The first-order chi connectivity index (χ1) is 18.3. The largest absolute Gasteiger partial charge is 0.507 e. The van der Waals surface area contributed by atoms with Crippen LogP contribution >= 0.6 is 11.3 Å². The third-order valence-electron chi connectivity index (χ3n) is 6.09. The van der Waals surface area contributed by atoms with E-state index in [9.17, 15) is 19.1 Å². The molecule has 1 saturated heterocycles. The average Bonchev–Trinajstić information content (AvgIpc) is 3.44. The van der Waals surface area contributed by atoms with E-state index in [1.165, 1.54) is 30.2 Å². The lowest BCUT2D eigenvalue weighted by atomic mass is 9.95. The second-order valence-corrected chi connectivity index (χ2v) is 10.3. The molecule has 1 unspecified atom stereocenters. The zero-order chi connectivity index (χ0) is 27.0. The molecule has 2 heterocycles. The number of carbonyl (C=O) groups excluding carboxylic acids is 2. The van der Waals surface area contributed by atoms with Crippen LogP contribution in [0.5, 0.6) is 11.5 Å². The molecule has 3 aromatic carbocycles. The number of halogens is 1. The number of aliphatic hydroxyl groups excluding tert-OH is 1. The van der Waals surface area contributed by atoms with E-state index in [0.29, 0.717) is 45.4 Å². The molecule has 9 heteroatoms. The lowest BCUT2D eigenvalue weighted by Gasteiger charge is -2.23. The number of hydrogen-bond acceptors (Lipinski definition) is 7. The number of ketones is 1. The van der Waals surface area contributed by atoms with E-state index < -0.39 is 23.5 Å². The lowest BCUT2D eigenvalue weighted by Crippen LogP contribution is -2.29. The summed E-state index contributed by atoms with van der Waals surface area (Å²) in [4.78, 5) is 32.7. The second kappa shape index (κ2) is 10.3. The number of thiazole rings is 1. The summed E-state index contributed by atoms with van der Waals surface area (Å²) in [5, 5.41) is 11.7. The van der Waals surface area contributed by atoms with Crippen LogP contribution in [0.25, 0.3) is 16.0 Å². The molecule has 1 amide bonds. The van der Waals surface area contributed by atoms with Gasteiger partial charge in [0.1, 0.15) is 23.1 Å². The number of ether oxygens (including phenoxy) is 2. The van der Waals surface area contributed by atoms with Crippen LogP contribution in [0.3, 0.4) is 0 Å². The van der Waals surface area contributed by atoms with Gasteiger partial charge >= 0.3 is 5.91 Å². The predicted octanol–water partition coefficient (Wildman–Crippen LogP) is 6.11. The Bertz CT molecular complexity index is 1580. The fourth-order valence-corrected chi connectivity index (χ4v) is 5.31. The topological polar surface area (TPSA) is 89.0 Å². The van der Waals surface area contributed by atoms with Gasteiger partial charge in [0.05, 0.1) is 35.5 Å². The van der Waals surface area contributed by atoms with Gasteiger partial charge in [-0.1, -0.05) is 49.4 Å². The Morgan fingerprint density at radius 3 is 2.61 bits per heavy atom. The summed E-state index contributed by atoms with van der Waals surface area (Å²) in [6.07, 6.45) is 0. The molecule has 5 rings (SSSR count). The van der Waals surface area contributed by atoms with Crippen molar-refractivity contribution < 1.29 is 28.6 Å². The second-order valence-electron chi connectivity index (χ2n) is 9.29. The summed E-state index contributed by atoms with van der Waals surface area (Å²) in [6.45, 7) is 4.53. The van der Waals surface area contributed by atoms with Crippen LogP contribution < -0.4 is 14.4 Å². The molecule has 0 bridgehead atoms. The monoisotopic (exact) mass is 532 g/mol. The zero-order valence-electron chi connectivity index (χ0n) is 21.0. The Balaban J connectivity index is 1.67. The van der Waals surface area contributed by atoms with Crippen molar-refractivity contribution in [2.24, 2.45) is 5.92 Å². The summed E-state index contributed by atoms with van der Waals surface area (Å²) >= 11 is 1.09. The Morgan fingerprint density at radius 2 is 1.84 bits per heavy atom. The van der Waals surface area contributed by atoms with Crippen LogP contribution in [0, 0.1) is 11.7 Å². The van der Waals surface area contributed by atoms with Crippen molar-refractivity contribution in [1.82, 2.24) is 4.98 Å². The SMILES string of the molecule is COc1cccc(C2/C(=C(\O)c3cccc(OCC(C)C)c3)C(=O)C(=O)N2c2nc3ccc(F)cc3s2)c1. The van der Waals surface area contributed by atoms with Crippen LogP contribution in [0.15, 0.2) is 72.3 Å². The first-order valence-corrected chi connectivity index (χ1v) is 12.8. The highest BCUT2D eigenvalue weighted by atomic mass is 32.1. The number of amides is 1. The van der Waals surface area contributed by atoms with Gasteiger partial charge in [0, 0.05) is 5.56 Å². The maximum atomic E-state index is 13.9. The van der Waals surface area contributed by atoms with Crippen LogP contribution in [-0.4, -0.2) is 35.5 Å². The average molecular weight is 533 g/mol. The van der Waals surface area contributed by atoms with E-state index >= 15 is 0 Å². The smallest absolute Gasteiger partial charge is 0.301 e. The number of rotatable bonds is 7. The third kappa shape index (κ3) is 4.72. The summed E-state index contributed by atoms with van der Waals surface area (Å²) < 4.78 is 25.5. The summed E-state index contributed by atoms with van der Waals surface area (Å²) in [7, 11) is 1.51. The van der Waals surface area contributed by atoms with Crippen LogP contribution in [0.1, 0.15) is 31.0 Å². The number of benzene rings is 3. The van der Waals surface area contributed by atoms with Crippen molar-refractivity contribution in [2.45, 2.75) is 19.9 Å². The first kappa shape index (κ1) is 25.4. The Kier molecular flexibility index (Phi) is 6.86. The molecule has 1 fully saturated rings. The third-order valence-corrected chi connectivity index (χ3v) is 7.11. The summed E-state index contributed by atoms with van der Waals surface area (Å²) in [6, 6.07) is 16.8. The van der Waals surface area contributed by atoms with Gasteiger partial charge in [0.2, 0.25) is 0 Å². The minimum atomic E-state index is -0.990. The van der Waals surface area contributed by atoms with Crippen molar-refractivity contribution in [3.8, 4) is 11.5 Å². The van der Waals surface area contributed by atoms with Crippen molar-refractivity contribution in [1.29, 1.82) is 0 Å². The van der Waals surface area contributed by atoms with Crippen molar-refractivity contribution >= 4 is 44.1 Å². The van der Waals surface area contributed by atoms with Gasteiger partial charge < -0.3 is 14.6 Å². The number of nitrogens with zero attached hydrogens (tertiary/aromatic N) is 2. The molecule has 7 nitrogen and oxygen atoms in total. The molecule has 1 aliphatic rings. The van der Waals surface area contributed by atoms with E-state index in [4.69, 9.17) is 9.47 Å². The molecule has 1 atom stereocenters. The molecule has 1 N–H and O–H groups in total. The van der Waals surface area contributed by atoms with Gasteiger partial charge in [-0.25, -0.2) is 9.37 Å². The van der Waals surface area contributed by atoms with Gasteiger partial charge in [-0.15, -0.1) is 0 Å². The Hall–Kier alpha value is -4.24. The van der Waals surface area contributed by atoms with Crippen molar-refractivity contribution in [3.63, 3.8) is 0 Å². The number of carbonyl (C=O) groups is 2. The Morgan fingerprint density at radius 1 is 1.08 bits per heavy atom. The number of fused-ring (bicyclic) bond motifs is 1. The normalized spacial score (nSPS) is 17.0. The quantitative estimate of drug-likeness (QED) is 0.176. The van der Waals surface area contributed by atoms with E-state index in [1.807, 2.05) is 13.8 Å². The molecule has 194 valence electrons. The standard InChI is InChI=1S/C29H25FN2O5S/c1-16(2)15-37-21-9-5-7-18(13-21)26(33)24-25(17-6-4-8-20(12-17)36-3)32(28(35)27(24)34)29-31-22-11-10-19(30)14-23(22)38-29/h4-14,16,25,33H,15H2,1-3H3/b26-24+. The maximum Gasteiger partial charge on any atom is 0.301 e. The van der Waals surface area contributed by atoms with E-state index in [2.05, 4.69) is 4.98 Å². The minimum absolute atomic E-state index is 0.0882. The number of hydrogen-bond donors (Lipinski definition) is 1. The molecular weight excluding hydrogens is 507 g/mol. The molecule has 0 radical (unpaired) electrons. The number of anilines is 1. The highest BCUT2D eigenvalue weighted by molar-refractivity contribution is 7.22. The zero-order valence-corrected chi connectivity index (χ0v) is 21.8. The molecule has 4 aromatic rings. The molecule has 0 spiro atoms. The van der Waals surface area contributed by atoms with Crippen LogP contribution in [0.4, 0.5) is 9.52 Å². The molecule has 1 aromatic heterocycles. The maximum absolute atomic E-state index is 13.9.